The second kappa shape index (κ2) is 5.01. The molecule has 2 aromatic rings. The molecule has 1 aromatic heterocycles. The molecule has 0 saturated carbocycles. The number of hydrogen-bond donors (Lipinski definition) is 3. The molecule has 0 atom stereocenters. The van der Waals surface area contributed by atoms with Crippen LogP contribution >= 0.6 is 11.6 Å². The Bertz CT molecular complexity index is 456. The number of phenols is 1. The Hall–Kier alpha value is -1.52. The zero-order chi connectivity index (χ0) is 11.4. The third-order valence-electron chi connectivity index (χ3n) is 2.23. The fourth-order valence-electron chi connectivity index (χ4n) is 1.41. The Morgan fingerprint density at radius 1 is 1.31 bits per heavy atom. The minimum absolute atomic E-state index is 0.251. The molecule has 0 spiro atoms. The van der Waals surface area contributed by atoms with Gasteiger partial charge in [0.05, 0.1) is 0 Å². The summed E-state index contributed by atoms with van der Waals surface area (Å²) in [7, 11) is 0. The summed E-state index contributed by atoms with van der Waals surface area (Å²) in [5.41, 5.74) is 1.79. The number of aromatic nitrogens is 2. The van der Waals surface area contributed by atoms with Crippen LogP contribution in [0, 0.1) is 0 Å². The number of phenolic OH excluding ortho intramolecular Hbond substituents is 1. The van der Waals surface area contributed by atoms with Gasteiger partial charge in [-0.15, -0.1) is 0 Å². The lowest BCUT2D eigenvalue weighted by Gasteiger charge is -2.06. The van der Waals surface area contributed by atoms with Crippen molar-refractivity contribution in [1.29, 1.82) is 0 Å². The first kappa shape index (κ1) is 11.0. The summed E-state index contributed by atoms with van der Waals surface area (Å²) >= 11 is 5.84. The maximum absolute atomic E-state index is 9.57. The summed E-state index contributed by atoms with van der Waals surface area (Å²) in [6.45, 7) is 1.23. The molecule has 0 aliphatic heterocycles. The van der Waals surface area contributed by atoms with Crippen molar-refractivity contribution in [3.05, 3.63) is 46.7 Å². The van der Waals surface area contributed by atoms with Crippen LogP contribution in [0.4, 0.5) is 0 Å². The van der Waals surface area contributed by atoms with Gasteiger partial charge < -0.3 is 10.4 Å². The number of benzene rings is 1. The molecule has 0 fully saturated rings. The largest absolute Gasteiger partial charge is 0.508 e. The van der Waals surface area contributed by atoms with Crippen molar-refractivity contribution in [2.24, 2.45) is 0 Å². The number of nitrogens with zero attached hydrogens (tertiary/aromatic N) is 1. The molecule has 84 valence electrons. The molecule has 5 heteroatoms. The number of nitrogens with one attached hydrogen (secondary N) is 2. The Labute approximate surface area is 98.3 Å². The highest BCUT2D eigenvalue weighted by atomic mass is 35.5. The molecule has 0 radical (unpaired) electrons. The van der Waals surface area contributed by atoms with Crippen LogP contribution in [-0.2, 0) is 13.1 Å². The summed E-state index contributed by atoms with van der Waals surface area (Å²) in [4.78, 5) is 0. The van der Waals surface area contributed by atoms with Crippen LogP contribution in [0.3, 0.4) is 0 Å². The Morgan fingerprint density at radius 3 is 2.94 bits per heavy atom. The minimum Gasteiger partial charge on any atom is -0.508 e. The Kier molecular flexibility index (Phi) is 3.44. The summed E-state index contributed by atoms with van der Waals surface area (Å²) in [5, 5.41) is 20.1. The molecule has 1 aromatic carbocycles. The Balaban J connectivity index is 1.92. The lowest BCUT2D eigenvalue weighted by atomic mass is 10.2. The van der Waals surface area contributed by atoms with Crippen molar-refractivity contribution in [3.63, 3.8) is 0 Å². The van der Waals surface area contributed by atoms with E-state index in [1.807, 2.05) is 6.07 Å². The van der Waals surface area contributed by atoms with Crippen LogP contribution in [0.15, 0.2) is 30.5 Å². The standard InChI is InChI=1S/C11H12ClN3O/c12-9-1-2-11(16)8(5-9)6-13-7-10-3-4-14-15-10/h1-5,13,16H,6-7H2,(H,14,15). The van der Waals surface area contributed by atoms with E-state index in [1.165, 1.54) is 0 Å². The quantitative estimate of drug-likeness (QED) is 0.763. The first-order chi connectivity index (χ1) is 7.75. The first-order valence-electron chi connectivity index (χ1n) is 4.92. The van der Waals surface area contributed by atoms with Crippen LogP contribution in [0.1, 0.15) is 11.3 Å². The number of hydrogen-bond acceptors (Lipinski definition) is 3. The topological polar surface area (TPSA) is 60.9 Å². The molecule has 0 bridgehead atoms. The number of aromatic amines is 1. The lowest BCUT2D eigenvalue weighted by Crippen LogP contribution is -2.13. The van der Waals surface area contributed by atoms with Crippen molar-refractivity contribution in [2.75, 3.05) is 0 Å². The molecule has 2 rings (SSSR count). The van der Waals surface area contributed by atoms with Crippen LogP contribution in [-0.4, -0.2) is 15.3 Å². The van der Waals surface area contributed by atoms with Gasteiger partial charge in [-0.25, -0.2) is 0 Å². The third-order valence-corrected chi connectivity index (χ3v) is 2.47. The van der Waals surface area contributed by atoms with Crippen LogP contribution in [0.5, 0.6) is 5.75 Å². The van der Waals surface area contributed by atoms with Gasteiger partial charge in [-0.2, -0.15) is 5.10 Å². The van der Waals surface area contributed by atoms with Crippen molar-refractivity contribution in [1.82, 2.24) is 15.5 Å². The number of H-pyrrole nitrogens is 1. The van der Waals surface area contributed by atoms with Crippen LogP contribution in [0.2, 0.25) is 5.02 Å². The van der Waals surface area contributed by atoms with Gasteiger partial charge in [-0.1, -0.05) is 11.6 Å². The van der Waals surface area contributed by atoms with Crippen molar-refractivity contribution in [2.45, 2.75) is 13.1 Å². The molecule has 0 aliphatic rings. The molecule has 1 heterocycles. The summed E-state index contributed by atoms with van der Waals surface area (Å²) in [6.07, 6.45) is 1.70. The Morgan fingerprint density at radius 2 is 2.19 bits per heavy atom. The molecular formula is C11H12ClN3O. The average molecular weight is 238 g/mol. The normalized spacial score (nSPS) is 10.6. The minimum atomic E-state index is 0.251. The van der Waals surface area contributed by atoms with Gasteiger partial charge in [-0.3, -0.25) is 5.10 Å². The van der Waals surface area contributed by atoms with E-state index < -0.39 is 0 Å². The van der Waals surface area contributed by atoms with E-state index in [1.54, 1.807) is 24.4 Å². The average Bonchev–Trinajstić information content (AvgIpc) is 2.76. The maximum Gasteiger partial charge on any atom is 0.120 e. The highest BCUT2D eigenvalue weighted by Crippen LogP contribution is 2.21. The predicted molar refractivity (Wildman–Crippen MR) is 62.2 cm³/mol. The SMILES string of the molecule is Oc1ccc(Cl)cc1CNCc1ccn[nH]1. The smallest absolute Gasteiger partial charge is 0.120 e. The zero-order valence-corrected chi connectivity index (χ0v) is 9.33. The summed E-state index contributed by atoms with van der Waals surface area (Å²) in [5.74, 6) is 0.251. The zero-order valence-electron chi connectivity index (χ0n) is 8.57. The highest BCUT2D eigenvalue weighted by molar-refractivity contribution is 6.30. The molecule has 16 heavy (non-hydrogen) atoms. The molecular weight excluding hydrogens is 226 g/mol. The molecule has 0 aliphatic carbocycles. The fraction of sp³-hybridized carbons (Fsp3) is 0.182. The van der Waals surface area contributed by atoms with Gasteiger partial charge in [0.25, 0.3) is 0 Å². The molecule has 4 nitrogen and oxygen atoms in total. The summed E-state index contributed by atoms with van der Waals surface area (Å²) in [6, 6.07) is 6.90. The highest BCUT2D eigenvalue weighted by Gasteiger charge is 2.01. The van der Waals surface area contributed by atoms with E-state index in [2.05, 4.69) is 15.5 Å². The van der Waals surface area contributed by atoms with E-state index in [0.717, 1.165) is 11.3 Å². The van der Waals surface area contributed by atoms with E-state index >= 15 is 0 Å². The predicted octanol–water partition coefficient (Wildman–Crippen LogP) is 2.06. The number of halogens is 1. The van der Waals surface area contributed by atoms with Gasteiger partial charge in [0.2, 0.25) is 0 Å². The van der Waals surface area contributed by atoms with Gasteiger partial charge >= 0.3 is 0 Å². The van der Waals surface area contributed by atoms with Gasteiger partial charge in [-0.05, 0) is 24.3 Å². The van der Waals surface area contributed by atoms with Crippen LogP contribution < -0.4 is 5.32 Å². The first-order valence-corrected chi connectivity index (χ1v) is 5.30. The van der Waals surface area contributed by atoms with E-state index in [-0.39, 0.29) is 5.75 Å². The van der Waals surface area contributed by atoms with Crippen molar-refractivity contribution >= 4 is 11.6 Å². The number of rotatable bonds is 4. The maximum atomic E-state index is 9.57. The molecule has 0 saturated heterocycles. The third kappa shape index (κ3) is 2.74. The second-order valence-corrected chi connectivity index (χ2v) is 3.89. The van der Waals surface area contributed by atoms with Crippen LogP contribution in [0.25, 0.3) is 0 Å². The fourth-order valence-corrected chi connectivity index (χ4v) is 1.61. The monoisotopic (exact) mass is 237 g/mol. The molecule has 3 N–H and O–H groups in total. The van der Waals surface area contributed by atoms with E-state index in [0.29, 0.717) is 18.1 Å². The molecule has 0 unspecified atom stereocenters. The van der Waals surface area contributed by atoms with E-state index in [4.69, 9.17) is 11.6 Å². The van der Waals surface area contributed by atoms with Crippen molar-refractivity contribution in [3.8, 4) is 5.75 Å². The lowest BCUT2D eigenvalue weighted by molar-refractivity contribution is 0.464. The second-order valence-electron chi connectivity index (χ2n) is 3.46. The molecule has 0 amide bonds. The van der Waals surface area contributed by atoms with E-state index in [9.17, 15) is 5.11 Å². The summed E-state index contributed by atoms with van der Waals surface area (Å²) < 4.78 is 0. The van der Waals surface area contributed by atoms with Gasteiger partial charge in [0.15, 0.2) is 0 Å². The van der Waals surface area contributed by atoms with Crippen molar-refractivity contribution < 1.29 is 5.11 Å². The van der Waals surface area contributed by atoms with Gasteiger partial charge in [0.1, 0.15) is 5.75 Å². The number of aromatic hydroxyl groups is 1. The van der Waals surface area contributed by atoms with Gasteiger partial charge in [0, 0.05) is 35.6 Å².